The summed E-state index contributed by atoms with van der Waals surface area (Å²) in [7, 11) is 0. The van der Waals surface area contributed by atoms with Gasteiger partial charge in [-0.3, -0.25) is 9.36 Å². The van der Waals surface area contributed by atoms with Gasteiger partial charge >= 0.3 is 0 Å². The van der Waals surface area contributed by atoms with E-state index in [1.165, 1.54) is 0 Å². The van der Waals surface area contributed by atoms with Gasteiger partial charge in [-0.1, -0.05) is 26.0 Å². The smallest absolute Gasteiger partial charge is 0.242 e. The van der Waals surface area contributed by atoms with Crippen molar-refractivity contribution in [2.45, 2.75) is 33.7 Å². The van der Waals surface area contributed by atoms with Crippen LogP contribution in [0.5, 0.6) is 0 Å². The largest absolute Gasteiger partial charge is 0.369 e. The summed E-state index contributed by atoms with van der Waals surface area (Å²) in [4.78, 5) is 16.6. The molecule has 1 heterocycles. The molecule has 1 amide bonds. The normalized spacial score (nSPS) is 12.8. The first-order chi connectivity index (χ1) is 9.41. The second-order valence-corrected chi connectivity index (χ2v) is 5.60. The van der Waals surface area contributed by atoms with Gasteiger partial charge in [0.1, 0.15) is 6.04 Å². The van der Waals surface area contributed by atoms with E-state index in [9.17, 15) is 4.79 Å². The Hall–Kier alpha value is -2.04. The van der Waals surface area contributed by atoms with Crippen LogP contribution in [0.2, 0.25) is 0 Å². The van der Waals surface area contributed by atoms with Crippen LogP contribution in [-0.4, -0.2) is 22.0 Å². The van der Waals surface area contributed by atoms with Crippen molar-refractivity contribution in [3.63, 3.8) is 0 Å². The summed E-state index contributed by atoms with van der Waals surface area (Å²) in [6.45, 7) is 8.62. The van der Waals surface area contributed by atoms with Gasteiger partial charge in [0.25, 0.3) is 0 Å². The van der Waals surface area contributed by atoms with Crippen molar-refractivity contribution in [3.05, 3.63) is 23.8 Å². The van der Waals surface area contributed by atoms with Crippen LogP contribution in [0.25, 0.3) is 11.0 Å². The summed E-state index contributed by atoms with van der Waals surface area (Å²) in [6, 6.07) is 5.51. The number of para-hydroxylation sites is 1. The fraction of sp³-hybridized carbons (Fsp3) is 0.467. The molecule has 1 atom stereocenters. The standard InChI is InChI=1S/C15H22N4O/c1-9(2)8-17-14(20)11(4)19-12-7-5-6-10(3)13(12)18-15(19)16/h5-7,9,11H,8H2,1-4H3,(H2,16,18)(H,17,20). The number of hydrogen-bond acceptors (Lipinski definition) is 3. The highest BCUT2D eigenvalue weighted by atomic mass is 16.2. The Morgan fingerprint density at radius 2 is 2.10 bits per heavy atom. The molecule has 0 aliphatic rings. The van der Waals surface area contributed by atoms with Gasteiger partial charge < -0.3 is 11.1 Å². The van der Waals surface area contributed by atoms with Gasteiger partial charge in [-0.15, -0.1) is 0 Å². The van der Waals surface area contributed by atoms with Crippen LogP contribution in [0.4, 0.5) is 5.95 Å². The second-order valence-electron chi connectivity index (χ2n) is 5.60. The number of hydrogen-bond donors (Lipinski definition) is 2. The molecule has 2 rings (SSSR count). The molecule has 5 nitrogen and oxygen atoms in total. The lowest BCUT2D eigenvalue weighted by atomic mass is 10.2. The predicted molar refractivity (Wildman–Crippen MR) is 81.4 cm³/mol. The van der Waals surface area contributed by atoms with Crippen molar-refractivity contribution in [2.75, 3.05) is 12.3 Å². The van der Waals surface area contributed by atoms with Gasteiger partial charge in [0, 0.05) is 6.54 Å². The highest BCUT2D eigenvalue weighted by molar-refractivity contribution is 5.86. The molecule has 0 fully saturated rings. The summed E-state index contributed by atoms with van der Waals surface area (Å²) in [5, 5.41) is 2.93. The first-order valence-electron chi connectivity index (χ1n) is 6.92. The fourth-order valence-corrected chi connectivity index (χ4v) is 2.25. The van der Waals surface area contributed by atoms with Crippen LogP contribution in [0.3, 0.4) is 0 Å². The zero-order valence-corrected chi connectivity index (χ0v) is 12.5. The summed E-state index contributed by atoms with van der Waals surface area (Å²) in [5.74, 6) is 0.762. The summed E-state index contributed by atoms with van der Waals surface area (Å²) in [5.41, 5.74) is 8.80. The molecule has 0 aliphatic carbocycles. The third-order valence-corrected chi connectivity index (χ3v) is 3.40. The molecule has 0 radical (unpaired) electrons. The first-order valence-corrected chi connectivity index (χ1v) is 6.92. The number of amides is 1. The number of nitrogens with one attached hydrogen (secondary N) is 1. The van der Waals surface area contributed by atoms with Gasteiger partial charge in [0.15, 0.2) is 0 Å². The Morgan fingerprint density at radius 1 is 1.40 bits per heavy atom. The SMILES string of the molecule is Cc1cccc2c1nc(N)n2C(C)C(=O)NCC(C)C. The van der Waals surface area contributed by atoms with E-state index in [4.69, 9.17) is 5.73 Å². The van der Waals surface area contributed by atoms with E-state index in [0.717, 1.165) is 16.6 Å². The molecule has 1 aromatic heterocycles. The lowest BCUT2D eigenvalue weighted by molar-refractivity contribution is -0.123. The van der Waals surface area contributed by atoms with Crippen LogP contribution in [0.1, 0.15) is 32.4 Å². The number of aryl methyl sites for hydroxylation is 1. The number of carbonyl (C=O) groups excluding carboxylic acids is 1. The van der Waals surface area contributed by atoms with Crippen molar-refractivity contribution in [1.29, 1.82) is 0 Å². The molecule has 3 N–H and O–H groups in total. The number of nitrogens with zero attached hydrogens (tertiary/aromatic N) is 2. The number of carbonyl (C=O) groups is 1. The van der Waals surface area contributed by atoms with E-state index in [1.807, 2.05) is 32.0 Å². The molecule has 0 spiro atoms. The maximum atomic E-state index is 12.2. The van der Waals surface area contributed by atoms with Gasteiger partial charge in [0.05, 0.1) is 11.0 Å². The van der Waals surface area contributed by atoms with Gasteiger partial charge in [-0.05, 0) is 31.4 Å². The van der Waals surface area contributed by atoms with E-state index in [0.29, 0.717) is 18.4 Å². The maximum Gasteiger partial charge on any atom is 0.242 e. The number of anilines is 1. The van der Waals surface area contributed by atoms with Crippen molar-refractivity contribution < 1.29 is 4.79 Å². The van der Waals surface area contributed by atoms with E-state index >= 15 is 0 Å². The maximum absolute atomic E-state index is 12.2. The summed E-state index contributed by atoms with van der Waals surface area (Å²) in [6.07, 6.45) is 0. The topological polar surface area (TPSA) is 72.9 Å². The number of aromatic nitrogens is 2. The van der Waals surface area contributed by atoms with Crippen LogP contribution in [-0.2, 0) is 4.79 Å². The molecule has 1 aromatic carbocycles. The first kappa shape index (κ1) is 14.4. The minimum atomic E-state index is -0.374. The Bertz CT molecular complexity index is 630. The Labute approximate surface area is 119 Å². The molecule has 2 aromatic rings. The number of imidazole rings is 1. The van der Waals surface area contributed by atoms with Crippen LogP contribution < -0.4 is 11.1 Å². The lowest BCUT2D eigenvalue weighted by Gasteiger charge is -2.17. The summed E-state index contributed by atoms with van der Waals surface area (Å²) < 4.78 is 1.79. The van der Waals surface area contributed by atoms with E-state index in [1.54, 1.807) is 4.57 Å². The molecule has 20 heavy (non-hydrogen) atoms. The lowest BCUT2D eigenvalue weighted by Crippen LogP contribution is -2.33. The van der Waals surface area contributed by atoms with Crippen molar-refractivity contribution in [3.8, 4) is 0 Å². The number of nitrogens with two attached hydrogens (primary N) is 1. The third kappa shape index (κ3) is 2.61. The van der Waals surface area contributed by atoms with Crippen LogP contribution in [0, 0.1) is 12.8 Å². The monoisotopic (exact) mass is 274 g/mol. The zero-order chi connectivity index (χ0) is 14.9. The molecular formula is C15H22N4O. The quantitative estimate of drug-likeness (QED) is 0.898. The number of benzene rings is 1. The molecule has 0 bridgehead atoms. The second kappa shape index (κ2) is 5.53. The average molecular weight is 274 g/mol. The van der Waals surface area contributed by atoms with E-state index < -0.39 is 0 Å². The van der Waals surface area contributed by atoms with Crippen molar-refractivity contribution in [2.24, 2.45) is 5.92 Å². The number of fused-ring (bicyclic) bond motifs is 1. The minimum absolute atomic E-state index is 0.0359. The van der Waals surface area contributed by atoms with Crippen LogP contribution in [0.15, 0.2) is 18.2 Å². The molecule has 0 saturated carbocycles. The molecule has 0 aliphatic heterocycles. The molecular weight excluding hydrogens is 252 g/mol. The summed E-state index contributed by atoms with van der Waals surface area (Å²) >= 11 is 0. The third-order valence-electron chi connectivity index (χ3n) is 3.40. The van der Waals surface area contributed by atoms with Gasteiger partial charge in [-0.25, -0.2) is 4.98 Å². The highest BCUT2D eigenvalue weighted by Gasteiger charge is 2.20. The van der Waals surface area contributed by atoms with Crippen molar-refractivity contribution >= 4 is 22.9 Å². The Morgan fingerprint density at radius 3 is 2.75 bits per heavy atom. The minimum Gasteiger partial charge on any atom is -0.369 e. The average Bonchev–Trinajstić information content (AvgIpc) is 2.73. The highest BCUT2D eigenvalue weighted by Crippen LogP contribution is 2.25. The zero-order valence-electron chi connectivity index (χ0n) is 12.5. The molecule has 5 heteroatoms. The predicted octanol–water partition coefficient (Wildman–Crippen LogP) is 2.26. The van der Waals surface area contributed by atoms with Gasteiger partial charge in [-0.2, -0.15) is 0 Å². The Balaban J connectivity index is 2.35. The van der Waals surface area contributed by atoms with Crippen molar-refractivity contribution in [1.82, 2.24) is 14.9 Å². The fourth-order valence-electron chi connectivity index (χ4n) is 2.25. The van der Waals surface area contributed by atoms with Crippen LogP contribution >= 0.6 is 0 Å². The molecule has 108 valence electrons. The van der Waals surface area contributed by atoms with Gasteiger partial charge in [0.2, 0.25) is 11.9 Å². The number of nitrogen functional groups attached to an aromatic ring is 1. The molecule has 1 unspecified atom stereocenters. The molecule has 0 saturated heterocycles. The number of rotatable bonds is 4. The van der Waals surface area contributed by atoms with E-state index in [-0.39, 0.29) is 11.9 Å². The Kier molecular flexibility index (Phi) is 3.97. The van der Waals surface area contributed by atoms with E-state index in [2.05, 4.69) is 24.1 Å².